The minimum absolute atomic E-state index is 0.176. The van der Waals surface area contributed by atoms with Crippen LogP contribution in [-0.4, -0.2) is 15.5 Å². The standard InChI is InChI=1S/C25H21Cl2N3O/c1-14-7-9-18(11-16(14)3)25-29-22(24(28)31)23(17-5-4-6-19(26)12-17)30(25)21-13-20(27)10-8-15(21)2/h4-13H,1-3H3,(H2,28,31). The van der Waals surface area contributed by atoms with Gasteiger partial charge >= 0.3 is 0 Å². The summed E-state index contributed by atoms with van der Waals surface area (Å²) in [6, 6.07) is 19.0. The zero-order chi connectivity index (χ0) is 22.3. The second-order valence-electron chi connectivity index (χ2n) is 7.57. The maximum absolute atomic E-state index is 12.5. The van der Waals surface area contributed by atoms with Crippen molar-refractivity contribution in [1.29, 1.82) is 0 Å². The van der Waals surface area contributed by atoms with Gasteiger partial charge in [0.15, 0.2) is 5.69 Å². The Hall–Kier alpha value is -3.08. The first-order valence-electron chi connectivity index (χ1n) is 9.79. The van der Waals surface area contributed by atoms with Crippen LogP contribution < -0.4 is 5.73 Å². The number of benzene rings is 3. The van der Waals surface area contributed by atoms with E-state index in [-0.39, 0.29) is 5.69 Å². The zero-order valence-electron chi connectivity index (χ0n) is 17.4. The summed E-state index contributed by atoms with van der Waals surface area (Å²) in [5, 5.41) is 1.13. The fraction of sp³-hybridized carbons (Fsp3) is 0.120. The van der Waals surface area contributed by atoms with Crippen LogP contribution in [0.2, 0.25) is 10.0 Å². The van der Waals surface area contributed by atoms with Gasteiger partial charge in [-0.1, -0.05) is 53.5 Å². The summed E-state index contributed by atoms with van der Waals surface area (Å²) in [5.74, 6) is -0.00395. The highest BCUT2D eigenvalue weighted by molar-refractivity contribution is 6.31. The monoisotopic (exact) mass is 449 g/mol. The van der Waals surface area contributed by atoms with Crippen molar-refractivity contribution >= 4 is 29.1 Å². The number of primary amides is 1. The Bertz CT molecular complexity index is 1320. The molecule has 0 aliphatic rings. The number of carbonyl (C=O) groups excluding carboxylic acids is 1. The molecule has 4 rings (SSSR count). The van der Waals surface area contributed by atoms with E-state index >= 15 is 0 Å². The molecule has 0 aliphatic heterocycles. The number of hydrogen-bond acceptors (Lipinski definition) is 2. The van der Waals surface area contributed by atoms with E-state index in [1.165, 1.54) is 5.56 Å². The molecule has 3 aromatic carbocycles. The third-order valence-electron chi connectivity index (χ3n) is 5.39. The van der Waals surface area contributed by atoms with Gasteiger partial charge in [0.2, 0.25) is 0 Å². The molecule has 1 heterocycles. The number of carbonyl (C=O) groups is 1. The highest BCUT2D eigenvalue weighted by Gasteiger charge is 2.25. The molecule has 0 aliphatic carbocycles. The first-order chi connectivity index (χ1) is 14.8. The summed E-state index contributed by atoms with van der Waals surface area (Å²) >= 11 is 12.6. The molecule has 0 atom stereocenters. The number of halogens is 2. The molecule has 6 heteroatoms. The van der Waals surface area contributed by atoms with E-state index in [0.717, 1.165) is 27.9 Å². The van der Waals surface area contributed by atoms with Crippen LogP contribution in [0.1, 0.15) is 27.2 Å². The lowest BCUT2D eigenvalue weighted by Crippen LogP contribution is -2.13. The fourth-order valence-electron chi connectivity index (χ4n) is 3.63. The summed E-state index contributed by atoms with van der Waals surface area (Å²) in [6.07, 6.45) is 0. The molecule has 4 nitrogen and oxygen atoms in total. The van der Waals surface area contributed by atoms with Crippen LogP contribution in [-0.2, 0) is 0 Å². The summed E-state index contributed by atoms with van der Waals surface area (Å²) in [5.41, 5.74) is 12.2. The van der Waals surface area contributed by atoms with Crippen LogP contribution in [0.25, 0.3) is 28.3 Å². The molecule has 31 heavy (non-hydrogen) atoms. The second kappa shape index (κ2) is 8.22. The van der Waals surface area contributed by atoms with Gasteiger partial charge in [0, 0.05) is 21.2 Å². The highest BCUT2D eigenvalue weighted by Crippen LogP contribution is 2.36. The summed E-state index contributed by atoms with van der Waals surface area (Å²) in [6.45, 7) is 6.09. The first kappa shape index (κ1) is 21.2. The molecule has 4 aromatic rings. The van der Waals surface area contributed by atoms with Crippen molar-refractivity contribution in [2.75, 3.05) is 0 Å². The number of nitrogens with two attached hydrogens (primary N) is 1. The van der Waals surface area contributed by atoms with Gasteiger partial charge in [-0.3, -0.25) is 9.36 Å². The van der Waals surface area contributed by atoms with Crippen LogP contribution >= 0.6 is 23.2 Å². The number of hydrogen-bond donors (Lipinski definition) is 1. The van der Waals surface area contributed by atoms with Crippen molar-refractivity contribution in [2.24, 2.45) is 5.73 Å². The summed E-state index contributed by atoms with van der Waals surface area (Å²) < 4.78 is 1.94. The van der Waals surface area contributed by atoms with Crippen LogP contribution in [0.5, 0.6) is 0 Å². The molecule has 2 N–H and O–H groups in total. The molecule has 0 saturated carbocycles. The highest BCUT2D eigenvalue weighted by atomic mass is 35.5. The molecule has 0 radical (unpaired) electrons. The van der Waals surface area contributed by atoms with Crippen molar-refractivity contribution in [3.8, 4) is 28.3 Å². The molecule has 0 unspecified atom stereocenters. The summed E-state index contributed by atoms with van der Waals surface area (Å²) in [7, 11) is 0. The molecule has 0 saturated heterocycles. The number of nitrogens with zero attached hydrogens (tertiary/aromatic N) is 2. The first-order valence-corrected chi connectivity index (χ1v) is 10.5. The zero-order valence-corrected chi connectivity index (χ0v) is 18.9. The number of rotatable bonds is 4. The number of aromatic nitrogens is 2. The summed E-state index contributed by atoms with van der Waals surface area (Å²) in [4.78, 5) is 17.2. The Balaban J connectivity index is 2.15. The predicted octanol–water partition coefficient (Wildman–Crippen LogP) is 6.54. The van der Waals surface area contributed by atoms with E-state index in [0.29, 0.717) is 21.6 Å². The van der Waals surface area contributed by atoms with Crippen molar-refractivity contribution in [3.63, 3.8) is 0 Å². The normalized spacial score (nSPS) is 11.0. The molecule has 1 aromatic heterocycles. The van der Waals surface area contributed by atoms with E-state index in [2.05, 4.69) is 13.0 Å². The lowest BCUT2D eigenvalue weighted by Gasteiger charge is -2.16. The average Bonchev–Trinajstić information content (AvgIpc) is 3.12. The maximum Gasteiger partial charge on any atom is 0.269 e. The SMILES string of the molecule is Cc1ccc(-c2nc(C(N)=O)c(-c3cccc(Cl)c3)n2-c2cc(Cl)ccc2C)cc1C. The minimum atomic E-state index is -0.613. The minimum Gasteiger partial charge on any atom is -0.364 e. The van der Waals surface area contributed by atoms with Gasteiger partial charge in [-0.05, 0) is 67.8 Å². The van der Waals surface area contributed by atoms with Gasteiger partial charge in [0.05, 0.1) is 11.4 Å². The lowest BCUT2D eigenvalue weighted by molar-refractivity contribution is 0.0996. The van der Waals surface area contributed by atoms with Crippen molar-refractivity contribution < 1.29 is 4.79 Å². The number of imidazole rings is 1. The molecule has 0 spiro atoms. The molecule has 0 fully saturated rings. The Morgan fingerprint density at radius 2 is 1.55 bits per heavy atom. The Morgan fingerprint density at radius 3 is 2.23 bits per heavy atom. The Morgan fingerprint density at radius 1 is 0.839 bits per heavy atom. The van der Waals surface area contributed by atoms with Gasteiger partial charge in [-0.2, -0.15) is 0 Å². The van der Waals surface area contributed by atoms with Gasteiger partial charge in [0.1, 0.15) is 5.82 Å². The smallest absolute Gasteiger partial charge is 0.269 e. The van der Waals surface area contributed by atoms with E-state index in [9.17, 15) is 4.79 Å². The molecular weight excluding hydrogens is 429 g/mol. The second-order valence-corrected chi connectivity index (χ2v) is 8.45. The van der Waals surface area contributed by atoms with E-state index in [1.807, 2.05) is 60.9 Å². The van der Waals surface area contributed by atoms with Gasteiger partial charge < -0.3 is 5.73 Å². The third kappa shape index (κ3) is 3.97. The van der Waals surface area contributed by atoms with E-state index in [4.69, 9.17) is 33.9 Å². The predicted molar refractivity (Wildman–Crippen MR) is 127 cm³/mol. The molecule has 156 valence electrons. The Labute approximate surface area is 191 Å². The molecular formula is C25H21Cl2N3O. The quantitative estimate of drug-likeness (QED) is 0.384. The maximum atomic E-state index is 12.5. The molecule has 0 bridgehead atoms. The van der Waals surface area contributed by atoms with Crippen molar-refractivity contribution in [2.45, 2.75) is 20.8 Å². The fourth-order valence-corrected chi connectivity index (χ4v) is 3.98. The van der Waals surface area contributed by atoms with Crippen molar-refractivity contribution in [3.05, 3.63) is 93.1 Å². The van der Waals surface area contributed by atoms with Gasteiger partial charge in [-0.25, -0.2) is 4.98 Å². The largest absolute Gasteiger partial charge is 0.364 e. The van der Waals surface area contributed by atoms with Crippen molar-refractivity contribution in [1.82, 2.24) is 9.55 Å². The van der Waals surface area contributed by atoms with Crippen LogP contribution in [0.4, 0.5) is 0 Å². The van der Waals surface area contributed by atoms with Crippen LogP contribution in [0.15, 0.2) is 60.7 Å². The van der Waals surface area contributed by atoms with Gasteiger partial charge in [-0.15, -0.1) is 0 Å². The van der Waals surface area contributed by atoms with Crippen LogP contribution in [0.3, 0.4) is 0 Å². The number of amides is 1. The Kier molecular flexibility index (Phi) is 5.61. The lowest BCUT2D eigenvalue weighted by atomic mass is 10.1. The van der Waals surface area contributed by atoms with Gasteiger partial charge in [0.25, 0.3) is 5.91 Å². The van der Waals surface area contributed by atoms with Crippen LogP contribution in [0, 0.1) is 20.8 Å². The van der Waals surface area contributed by atoms with E-state index in [1.54, 1.807) is 12.1 Å². The topological polar surface area (TPSA) is 60.9 Å². The number of aryl methyl sites for hydroxylation is 3. The molecule has 1 amide bonds. The van der Waals surface area contributed by atoms with E-state index < -0.39 is 5.91 Å². The third-order valence-corrected chi connectivity index (χ3v) is 5.86. The average molecular weight is 450 g/mol.